The van der Waals surface area contributed by atoms with Crippen molar-refractivity contribution in [3.8, 4) is 0 Å². The smallest absolute Gasteiger partial charge is 0.310 e. The van der Waals surface area contributed by atoms with Crippen LogP contribution >= 0.6 is 0 Å². The average Bonchev–Trinajstić information content (AvgIpc) is 2.28. The summed E-state index contributed by atoms with van der Waals surface area (Å²) in [7, 11) is 0. The third-order valence-electron chi connectivity index (χ3n) is 2.73. The lowest BCUT2D eigenvalue weighted by atomic mass is 9.93. The quantitative estimate of drug-likeness (QED) is 0.768. The van der Waals surface area contributed by atoms with Gasteiger partial charge in [-0.2, -0.15) is 0 Å². The highest BCUT2D eigenvalue weighted by Gasteiger charge is 2.30. The van der Waals surface area contributed by atoms with E-state index in [4.69, 9.17) is 9.84 Å². The Kier molecular flexibility index (Phi) is 4.11. The molecule has 15 heavy (non-hydrogen) atoms. The molecule has 1 aliphatic heterocycles. The molecule has 1 rings (SSSR count). The zero-order valence-electron chi connectivity index (χ0n) is 9.82. The standard InChI is InChI=1S/C11H21NO3/c1-9-7-12(5-4-6-15-9)8-11(2,3)10(13)14/h9H,4-8H2,1-3H3,(H,13,14). The maximum absolute atomic E-state index is 11.0. The number of ether oxygens (including phenoxy) is 1. The summed E-state index contributed by atoms with van der Waals surface area (Å²) in [4.78, 5) is 13.2. The van der Waals surface area contributed by atoms with Gasteiger partial charge in [0, 0.05) is 26.2 Å². The van der Waals surface area contributed by atoms with Gasteiger partial charge in [-0.15, -0.1) is 0 Å². The van der Waals surface area contributed by atoms with Crippen LogP contribution in [-0.4, -0.2) is 48.3 Å². The second-order valence-corrected chi connectivity index (χ2v) is 4.96. The monoisotopic (exact) mass is 215 g/mol. The number of carboxylic acid groups (broad SMARTS) is 1. The van der Waals surface area contributed by atoms with Gasteiger partial charge in [0.05, 0.1) is 11.5 Å². The van der Waals surface area contributed by atoms with Crippen LogP contribution in [0.1, 0.15) is 27.2 Å². The Morgan fingerprint density at radius 1 is 1.60 bits per heavy atom. The molecule has 0 aromatic rings. The summed E-state index contributed by atoms with van der Waals surface area (Å²) in [6, 6.07) is 0. The summed E-state index contributed by atoms with van der Waals surface area (Å²) < 4.78 is 5.52. The molecule has 1 heterocycles. The molecule has 0 aliphatic carbocycles. The highest BCUT2D eigenvalue weighted by atomic mass is 16.5. The lowest BCUT2D eigenvalue weighted by Crippen LogP contribution is -2.41. The summed E-state index contributed by atoms with van der Waals surface area (Å²) >= 11 is 0. The van der Waals surface area contributed by atoms with Gasteiger partial charge in [0.15, 0.2) is 0 Å². The van der Waals surface area contributed by atoms with Crippen LogP contribution in [0.2, 0.25) is 0 Å². The van der Waals surface area contributed by atoms with E-state index < -0.39 is 11.4 Å². The van der Waals surface area contributed by atoms with Crippen molar-refractivity contribution in [1.82, 2.24) is 4.90 Å². The van der Waals surface area contributed by atoms with Crippen LogP contribution < -0.4 is 0 Å². The van der Waals surface area contributed by atoms with E-state index in [1.54, 1.807) is 13.8 Å². The number of rotatable bonds is 3. The van der Waals surface area contributed by atoms with Crippen LogP contribution in [-0.2, 0) is 9.53 Å². The van der Waals surface area contributed by atoms with E-state index in [1.165, 1.54) is 0 Å². The summed E-state index contributed by atoms with van der Waals surface area (Å²) in [5, 5.41) is 9.05. The van der Waals surface area contributed by atoms with Gasteiger partial charge in [-0.1, -0.05) is 0 Å². The van der Waals surface area contributed by atoms with E-state index in [9.17, 15) is 4.79 Å². The molecular weight excluding hydrogens is 194 g/mol. The molecule has 0 saturated carbocycles. The van der Waals surface area contributed by atoms with Crippen LogP contribution in [0.3, 0.4) is 0 Å². The topological polar surface area (TPSA) is 49.8 Å². The molecule has 1 atom stereocenters. The molecule has 0 spiro atoms. The first kappa shape index (κ1) is 12.5. The van der Waals surface area contributed by atoms with Crippen molar-refractivity contribution in [3.63, 3.8) is 0 Å². The van der Waals surface area contributed by atoms with Gasteiger partial charge in [0.1, 0.15) is 0 Å². The summed E-state index contributed by atoms with van der Waals surface area (Å²) in [5.41, 5.74) is -0.677. The van der Waals surface area contributed by atoms with Crippen molar-refractivity contribution in [3.05, 3.63) is 0 Å². The lowest BCUT2D eigenvalue weighted by Gasteiger charge is -2.29. The number of hydrogen-bond acceptors (Lipinski definition) is 3. The van der Waals surface area contributed by atoms with Gasteiger partial charge >= 0.3 is 5.97 Å². The number of hydrogen-bond donors (Lipinski definition) is 1. The molecule has 88 valence electrons. The van der Waals surface area contributed by atoms with Crippen LogP contribution in [0.5, 0.6) is 0 Å². The van der Waals surface area contributed by atoms with E-state index in [2.05, 4.69) is 4.90 Å². The number of nitrogens with zero attached hydrogens (tertiary/aromatic N) is 1. The Labute approximate surface area is 91.2 Å². The number of aliphatic carboxylic acids is 1. The fourth-order valence-corrected chi connectivity index (χ4v) is 1.85. The Bertz CT molecular complexity index is 228. The largest absolute Gasteiger partial charge is 0.481 e. The van der Waals surface area contributed by atoms with Gasteiger partial charge in [-0.25, -0.2) is 0 Å². The van der Waals surface area contributed by atoms with E-state index in [1.807, 2.05) is 6.92 Å². The van der Waals surface area contributed by atoms with Crippen molar-refractivity contribution < 1.29 is 14.6 Å². The van der Waals surface area contributed by atoms with Crippen LogP contribution in [0.4, 0.5) is 0 Å². The number of carbonyl (C=O) groups is 1. The summed E-state index contributed by atoms with van der Waals surface area (Å²) in [6.45, 7) is 8.71. The van der Waals surface area contributed by atoms with Gasteiger partial charge < -0.3 is 9.84 Å². The second kappa shape index (κ2) is 4.94. The Morgan fingerprint density at radius 3 is 2.87 bits per heavy atom. The molecule has 4 nitrogen and oxygen atoms in total. The van der Waals surface area contributed by atoms with Crippen LogP contribution in [0, 0.1) is 5.41 Å². The van der Waals surface area contributed by atoms with Gasteiger partial charge in [-0.05, 0) is 27.2 Å². The van der Waals surface area contributed by atoms with E-state index in [-0.39, 0.29) is 6.10 Å². The molecule has 0 bridgehead atoms. The van der Waals surface area contributed by atoms with E-state index in [0.29, 0.717) is 6.54 Å². The zero-order chi connectivity index (χ0) is 11.5. The van der Waals surface area contributed by atoms with Crippen LogP contribution in [0.15, 0.2) is 0 Å². The lowest BCUT2D eigenvalue weighted by molar-refractivity contribution is -0.148. The van der Waals surface area contributed by atoms with Crippen molar-refractivity contribution in [2.75, 3.05) is 26.2 Å². The highest BCUT2D eigenvalue weighted by Crippen LogP contribution is 2.18. The molecule has 4 heteroatoms. The minimum Gasteiger partial charge on any atom is -0.481 e. The fourth-order valence-electron chi connectivity index (χ4n) is 1.85. The van der Waals surface area contributed by atoms with Crippen molar-refractivity contribution in [1.29, 1.82) is 0 Å². The molecular formula is C11H21NO3. The Hall–Kier alpha value is -0.610. The minimum atomic E-state index is -0.736. The van der Waals surface area contributed by atoms with E-state index in [0.717, 1.165) is 26.1 Å². The molecule has 0 amide bonds. The SMILES string of the molecule is CC1CN(CC(C)(C)C(=O)O)CCCO1. The maximum atomic E-state index is 11.0. The first-order chi connectivity index (χ1) is 6.92. The van der Waals surface area contributed by atoms with E-state index >= 15 is 0 Å². The van der Waals surface area contributed by atoms with Crippen molar-refractivity contribution in [2.24, 2.45) is 5.41 Å². The molecule has 1 N–H and O–H groups in total. The van der Waals surface area contributed by atoms with Crippen LogP contribution in [0.25, 0.3) is 0 Å². The molecule has 1 fully saturated rings. The first-order valence-corrected chi connectivity index (χ1v) is 5.49. The summed E-state index contributed by atoms with van der Waals surface area (Å²) in [5.74, 6) is -0.736. The normalized spacial score (nSPS) is 24.9. The predicted octanol–water partition coefficient (Wildman–Crippen LogP) is 1.21. The highest BCUT2D eigenvalue weighted by molar-refractivity contribution is 5.73. The second-order valence-electron chi connectivity index (χ2n) is 4.96. The fraction of sp³-hybridized carbons (Fsp3) is 0.909. The van der Waals surface area contributed by atoms with Crippen molar-refractivity contribution >= 4 is 5.97 Å². The molecule has 0 aromatic carbocycles. The minimum absolute atomic E-state index is 0.206. The van der Waals surface area contributed by atoms with Gasteiger partial charge in [0.2, 0.25) is 0 Å². The van der Waals surface area contributed by atoms with Crippen molar-refractivity contribution in [2.45, 2.75) is 33.3 Å². The zero-order valence-corrected chi connectivity index (χ0v) is 9.82. The Morgan fingerprint density at radius 2 is 2.27 bits per heavy atom. The molecule has 1 saturated heterocycles. The first-order valence-electron chi connectivity index (χ1n) is 5.49. The molecule has 0 aromatic heterocycles. The van der Waals surface area contributed by atoms with Gasteiger partial charge in [0.25, 0.3) is 0 Å². The molecule has 0 radical (unpaired) electrons. The predicted molar refractivity (Wildman–Crippen MR) is 57.9 cm³/mol. The maximum Gasteiger partial charge on any atom is 0.310 e. The van der Waals surface area contributed by atoms with Gasteiger partial charge in [-0.3, -0.25) is 9.69 Å². The molecule has 1 aliphatic rings. The summed E-state index contributed by atoms with van der Waals surface area (Å²) in [6.07, 6.45) is 1.19. The Balaban J connectivity index is 2.52. The third-order valence-corrected chi connectivity index (χ3v) is 2.73. The number of carboxylic acids is 1. The molecule has 1 unspecified atom stereocenters. The third kappa shape index (κ3) is 3.80. The average molecular weight is 215 g/mol.